The van der Waals surface area contributed by atoms with Crippen LogP contribution in [0.25, 0.3) is 0 Å². The Morgan fingerprint density at radius 3 is 2.52 bits per heavy atom. The van der Waals surface area contributed by atoms with Crippen molar-refractivity contribution in [2.24, 2.45) is 5.92 Å². The minimum Gasteiger partial charge on any atom is -0.378 e. The van der Waals surface area contributed by atoms with Gasteiger partial charge in [0.2, 0.25) is 0 Å². The van der Waals surface area contributed by atoms with Gasteiger partial charge in [-0.15, -0.1) is 0 Å². The van der Waals surface area contributed by atoms with Crippen LogP contribution >= 0.6 is 0 Å². The van der Waals surface area contributed by atoms with E-state index in [-0.39, 0.29) is 12.1 Å². The Morgan fingerprint density at radius 1 is 1.00 bits per heavy atom. The molecule has 0 spiro atoms. The normalized spacial score (nSPS) is 24.3. The second kappa shape index (κ2) is 10.4. The van der Waals surface area contributed by atoms with E-state index in [2.05, 4.69) is 34.5 Å². The van der Waals surface area contributed by atoms with Gasteiger partial charge in [0, 0.05) is 38.8 Å². The number of likely N-dealkylation sites (tertiary alicyclic amines) is 2. The molecule has 2 amide bonds. The summed E-state index contributed by atoms with van der Waals surface area (Å²) in [6.45, 7) is 5.78. The van der Waals surface area contributed by atoms with Crippen LogP contribution in [0.15, 0.2) is 30.3 Å². The van der Waals surface area contributed by atoms with Gasteiger partial charge in [0.05, 0.1) is 12.7 Å². The molecule has 160 valence electrons. The van der Waals surface area contributed by atoms with Crippen molar-refractivity contribution in [3.05, 3.63) is 35.9 Å². The van der Waals surface area contributed by atoms with Crippen LogP contribution < -0.4 is 5.32 Å². The predicted octanol–water partition coefficient (Wildman–Crippen LogP) is 3.68. The molecule has 0 radical (unpaired) electrons. The van der Waals surface area contributed by atoms with Crippen LogP contribution in [-0.2, 0) is 11.2 Å². The fourth-order valence-corrected chi connectivity index (χ4v) is 5.15. The lowest BCUT2D eigenvalue weighted by Gasteiger charge is -2.32. The largest absolute Gasteiger partial charge is 0.378 e. The molecule has 2 aliphatic heterocycles. The Morgan fingerprint density at radius 2 is 1.76 bits per heavy atom. The molecule has 5 heteroatoms. The summed E-state index contributed by atoms with van der Waals surface area (Å²) in [6, 6.07) is 10.9. The Kier molecular flexibility index (Phi) is 7.44. The number of carbonyl (C=O) groups is 1. The van der Waals surface area contributed by atoms with Gasteiger partial charge in [-0.1, -0.05) is 43.2 Å². The van der Waals surface area contributed by atoms with Crippen LogP contribution in [0, 0.1) is 5.92 Å². The molecule has 3 fully saturated rings. The first-order valence-corrected chi connectivity index (χ1v) is 11.7. The number of ether oxygens (including phenoxy) is 1. The van der Waals surface area contributed by atoms with E-state index in [1.54, 1.807) is 0 Å². The van der Waals surface area contributed by atoms with Crippen LogP contribution in [0.1, 0.15) is 50.5 Å². The first-order chi connectivity index (χ1) is 14.3. The zero-order chi connectivity index (χ0) is 19.9. The monoisotopic (exact) mass is 399 g/mol. The first kappa shape index (κ1) is 20.7. The molecule has 1 atom stereocenters. The van der Waals surface area contributed by atoms with E-state index < -0.39 is 0 Å². The zero-order valence-corrected chi connectivity index (χ0v) is 17.7. The van der Waals surface area contributed by atoms with E-state index in [4.69, 9.17) is 4.74 Å². The molecular weight excluding hydrogens is 362 g/mol. The van der Waals surface area contributed by atoms with Crippen LogP contribution in [0.3, 0.4) is 0 Å². The SMILES string of the molecule is O=C(NC1CCN(CC2CCCC2)C1)N1CCC(OCCc2ccccc2)CC1. The second-order valence-electron chi connectivity index (χ2n) is 9.14. The van der Waals surface area contributed by atoms with Gasteiger partial charge in [0.15, 0.2) is 0 Å². The maximum Gasteiger partial charge on any atom is 0.317 e. The van der Waals surface area contributed by atoms with Gasteiger partial charge in [-0.05, 0) is 50.0 Å². The van der Waals surface area contributed by atoms with Gasteiger partial charge in [-0.25, -0.2) is 4.79 Å². The van der Waals surface area contributed by atoms with Crippen LogP contribution in [0.4, 0.5) is 4.79 Å². The third-order valence-electron chi connectivity index (χ3n) is 6.91. The topological polar surface area (TPSA) is 44.8 Å². The van der Waals surface area contributed by atoms with Crippen molar-refractivity contribution in [3.8, 4) is 0 Å². The van der Waals surface area contributed by atoms with Gasteiger partial charge in [0.25, 0.3) is 0 Å². The summed E-state index contributed by atoms with van der Waals surface area (Å²) >= 11 is 0. The number of rotatable bonds is 7. The second-order valence-corrected chi connectivity index (χ2v) is 9.14. The van der Waals surface area contributed by atoms with Crippen molar-refractivity contribution >= 4 is 6.03 Å². The number of benzene rings is 1. The highest BCUT2D eigenvalue weighted by atomic mass is 16.5. The molecule has 0 aromatic heterocycles. The lowest BCUT2D eigenvalue weighted by atomic mass is 10.1. The minimum atomic E-state index is 0.125. The minimum absolute atomic E-state index is 0.125. The van der Waals surface area contributed by atoms with Crippen LogP contribution in [-0.4, -0.2) is 67.3 Å². The Labute approximate surface area is 175 Å². The van der Waals surface area contributed by atoms with Gasteiger partial charge in [-0.2, -0.15) is 0 Å². The van der Waals surface area contributed by atoms with E-state index in [0.717, 1.165) is 64.4 Å². The quantitative estimate of drug-likeness (QED) is 0.761. The third kappa shape index (κ3) is 6.19. The summed E-state index contributed by atoms with van der Waals surface area (Å²) in [5.74, 6) is 0.894. The average Bonchev–Trinajstić information content (AvgIpc) is 3.42. The van der Waals surface area contributed by atoms with Gasteiger partial charge in [0.1, 0.15) is 0 Å². The first-order valence-electron chi connectivity index (χ1n) is 11.7. The van der Waals surface area contributed by atoms with Crippen molar-refractivity contribution < 1.29 is 9.53 Å². The smallest absolute Gasteiger partial charge is 0.317 e. The number of hydrogen-bond acceptors (Lipinski definition) is 3. The fraction of sp³-hybridized carbons (Fsp3) is 0.708. The van der Waals surface area contributed by atoms with Crippen molar-refractivity contribution in [3.63, 3.8) is 0 Å². The molecule has 1 saturated carbocycles. The molecule has 1 aromatic rings. The summed E-state index contributed by atoms with van der Waals surface area (Å²) in [7, 11) is 0. The highest BCUT2D eigenvalue weighted by molar-refractivity contribution is 5.74. The van der Waals surface area contributed by atoms with Crippen LogP contribution in [0.5, 0.6) is 0 Å². The number of urea groups is 1. The molecule has 2 saturated heterocycles. The molecule has 0 bridgehead atoms. The number of nitrogens with zero attached hydrogens (tertiary/aromatic N) is 2. The van der Waals surface area contributed by atoms with Crippen molar-refractivity contribution in [1.82, 2.24) is 15.1 Å². The molecule has 1 unspecified atom stereocenters. The van der Waals surface area contributed by atoms with E-state index in [1.807, 2.05) is 11.0 Å². The molecule has 1 aromatic carbocycles. The molecule has 3 aliphatic rings. The Bertz CT molecular complexity index is 624. The fourth-order valence-electron chi connectivity index (χ4n) is 5.15. The van der Waals surface area contributed by atoms with Crippen LogP contribution in [0.2, 0.25) is 0 Å². The zero-order valence-electron chi connectivity index (χ0n) is 17.7. The third-order valence-corrected chi connectivity index (χ3v) is 6.91. The maximum atomic E-state index is 12.7. The van der Waals surface area contributed by atoms with E-state index in [9.17, 15) is 4.79 Å². The molecular formula is C24H37N3O2. The Balaban J connectivity index is 1.10. The van der Waals surface area contributed by atoms with Gasteiger partial charge >= 0.3 is 6.03 Å². The van der Waals surface area contributed by atoms with E-state index in [0.29, 0.717) is 6.04 Å². The van der Waals surface area contributed by atoms with Gasteiger partial charge < -0.3 is 19.9 Å². The van der Waals surface area contributed by atoms with Crippen molar-refractivity contribution in [2.45, 2.75) is 63.5 Å². The number of carbonyl (C=O) groups excluding carboxylic acids is 1. The summed E-state index contributed by atoms with van der Waals surface area (Å²) < 4.78 is 6.06. The lowest BCUT2D eigenvalue weighted by molar-refractivity contribution is 0.0163. The molecule has 1 N–H and O–H groups in total. The maximum absolute atomic E-state index is 12.7. The van der Waals surface area contributed by atoms with Gasteiger partial charge in [-0.3, -0.25) is 0 Å². The highest BCUT2D eigenvalue weighted by Crippen LogP contribution is 2.26. The summed E-state index contributed by atoms with van der Waals surface area (Å²) in [5, 5.41) is 3.29. The molecule has 29 heavy (non-hydrogen) atoms. The standard InChI is InChI=1S/C24H37N3O2/c28-24(25-22-10-14-26(19-22)18-21-8-4-5-9-21)27-15-11-23(12-16-27)29-17-13-20-6-2-1-3-7-20/h1-3,6-7,21-23H,4-5,8-19H2,(H,25,28). The van der Waals surface area contributed by atoms with Crippen molar-refractivity contribution in [2.75, 3.05) is 39.3 Å². The summed E-state index contributed by atoms with van der Waals surface area (Å²) in [4.78, 5) is 17.2. The predicted molar refractivity (Wildman–Crippen MR) is 116 cm³/mol. The summed E-state index contributed by atoms with van der Waals surface area (Å²) in [6.07, 6.45) is 9.84. The van der Waals surface area contributed by atoms with Crippen molar-refractivity contribution in [1.29, 1.82) is 0 Å². The van der Waals surface area contributed by atoms with E-state index >= 15 is 0 Å². The molecule has 5 nitrogen and oxygen atoms in total. The molecule has 2 heterocycles. The van der Waals surface area contributed by atoms with E-state index in [1.165, 1.54) is 37.8 Å². The Hall–Kier alpha value is -1.59. The average molecular weight is 400 g/mol. The lowest BCUT2D eigenvalue weighted by Crippen LogP contribution is -2.49. The molecule has 1 aliphatic carbocycles. The highest BCUT2D eigenvalue weighted by Gasteiger charge is 2.29. The number of piperidine rings is 1. The number of amides is 2. The molecule has 4 rings (SSSR count). The summed E-state index contributed by atoms with van der Waals surface area (Å²) in [5.41, 5.74) is 1.32. The number of nitrogens with one attached hydrogen (secondary N) is 1. The number of hydrogen-bond donors (Lipinski definition) is 1.